The maximum Gasteiger partial charge on any atom is 0.407 e. The molecule has 0 heterocycles. The molecule has 10 heteroatoms. The van der Waals surface area contributed by atoms with Crippen LogP contribution >= 0.6 is 0 Å². The minimum atomic E-state index is -0.809. The Morgan fingerprint density at radius 1 is 0.929 bits per heavy atom. The van der Waals surface area contributed by atoms with Crippen molar-refractivity contribution in [3.8, 4) is 0 Å². The van der Waals surface area contributed by atoms with E-state index >= 15 is 0 Å². The van der Waals surface area contributed by atoms with E-state index in [0.717, 1.165) is 0 Å². The fraction of sp³-hybridized carbons (Fsp3) is 0.833. The molecule has 0 aliphatic heterocycles. The first-order valence-electron chi connectivity index (χ1n) is 9.43. The van der Waals surface area contributed by atoms with Gasteiger partial charge in [0.1, 0.15) is 11.2 Å². The first kappa shape index (κ1) is 25.9. The average molecular weight is 404 g/mol. The molecule has 0 aromatic rings. The predicted molar refractivity (Wildman–Crippen MR) is 107 cm³/mol. The molecule has 0 radical (unpaired) electrons. The second-order valence-electron chi connectivity index (χ2n) is 8.50. The molecule has 0 rings (SSSR count). The zero-order valence-corrected chi connectivity index (χ0v) is 17.9. The standard InChI is InChI=1S/C18H37N5O5/c1-17(2,3)27-15(25)21-9-7-8-12(11-22-14(24)13(20)10-19)23-16(26)28-18(4,5)6/h12-13H,7-11,19-20H2,1-6H3,(H,21,25)(H,22,24)(H,23,26)/t12-,13-/m0/s1. The molecule has 3 amide bonds. The molecule has 0 aliphatic carbocycles. The normalized spacial score (nSPS) is 13.9. The SMILES string of the molecule is CC(C)(C)OC(=O)NCCC[C@@H](CNC(=O)[C@@H](N)CN)NC(=O)OC(C)(C)C. The largest absolute Gasteiger partial charge is 0.444 e. The average Bonchev–Trinajstić information content (AvgIpc) is 2.51. The highest BCUT2D eigenvalue weighted by molar-refractivity contribution is 5.81. The molecule has 164 valence electrons. The molecule has 10 nitrogen and oxygen atoms in total. The fourth-order valence-electron chi connectivity index (χ4n) is 2.01. The quantitative estimate of drug-likeness (QED) is 0.352. The van der Waals surface area contributed by atoms with Crippen LogP contribution in [-0.2, 0) is 14.3 Å². The number of nitrogens with one attached hydrogen (secondary N) is 3. The summed E-state index contributed by atoms with van der Waals surface area (Å²) in [5.41, 5.74) is 9.74. The molecule has 0 saturated carbocycles. The van der Waals surface area contributed by atoms with E-state index < -0.39 is 41.4 Å². The lowest BCUT2D eigenvalue weighted by Crippen LogP contribution is -2.50. The lowest BCUT2D eigenvalue weighted by atomic mass is 10.1. The van der Waals surface area contributed by atoms with Gasteiger partial charge < -0.3 is 36.9 Å². The number of carbonyl (C=O) groups is 3. The van der Waals surface area contributed by atoms with Crippen LogP contribution in [0.2, 0.25) is 0 Å². The highest BCUT2D eigenvalue weighted by Crippen LogP contribution is 2.08. The van der Waals surface area contributed by atoms with E-state index in [1.807, 2.05) is 0 Å². The Hall–Kier alpha value is -2.07. The van der Waals surface area contributed by atoms with E-state index in [2.05, 4.69) is 16.0 Å². The van der Waals surface area contributed by atoms with Gasteiger partial charge in [0, 0.05) is 25.7 Å². The van der Waals surface area contributed by atoms with E-state index in [4.69, 9.17) is 20.9 Å². The monoisotopic (exact) mass is 403 g/mol. The van der Waals surface area contributed by atoms with Crippen molar-refractivity contribution in [3.63, 3.8) is 0 Å². The molecule has 0 aromatic heterocycles. The van der Waals surface area contributed by atoms with Gasteiger partial charge >= 0.3 is 12.2 Å². The minimum Gasteiger partial charge on any atom is -0.444 e. The van der Waals surface area contributed by atoms with Crippen LogP contribution in [0.4, 0.5) is 9.59 Å². The summed E-state index contributed by atoms with van der Waals surface area (Å²) in [4.78, 5) is 35.5. The van der Waals surface area contributed by atoms with Crippen molar-refractivity contribution < 1.29 is 23.9 Å². The van der Waals surface area contributed by atoms with Gasteiger partial charge in [-0.25, -0.2) is 9.59 Å². The van der Waals surface area contributed by atoms with Crippen molar-refractivity contribution in [2.75, 3.05) is 19.6 Å². The molecule has 28 heavy (non-hydrogen) atoms. The minimum absolute atomic E-state index is 0.0236. The summed E-state index contributed by atoms with van der Waals surface area (Å²) in [5.74, 6) is -0.398. The van der Waals surface area contributed by atoms with Crippen LogP contribution in [0.5, 0.6) is 0 Å². The third-order valence-corrected chi connectivity index (χ3v) is 3.23. The number of hydrogen-bond donors (Lipinski definition) is 5. The van der Waals surface area contributed by atoms with Crippen LogP contribution in [0, 0.1) is 0 Å². The third kappa shape index (κ3) is 14.0. The molecule has 0 bridgehead atoms. The highest BCUT2D eigenvalue weighted by atomic mass is 16.6. The molecule has 0 aromatic carbocycles. The van der Waals surface area contributed by atoms with Crippen LogP contribution in [0.25, 0.3) is 0 Å². The number of carbonyl (C=O) groups excluding carboxylic acids is 3. The van der Waals surface area contributed by atoms with E-state index in [0.29, 0.717) is 19.4 Å². The topological polar surface area (TPSA) is 158 Å². The molecule has 2 atom stereocenters. The molecule has 0 fully saturated rings. The van der Waals surface area contributed by atoms with Gasteiger partial charge in [0.2, 0.25) is 5.91 Å². The first-order chi connectivity index (χ1) is 12.7. The van der Waals surface area contributed by atoms with E-state index in [9.17, 15) is 14.4 Å². The maximum atomic E-state index is 12.0. The van der Waals surface area contributed by atoms with Gasteiger partial charge in [-0.2, -0.15) is 0 Å². The van der Waals surface area contributed by atoms with Gasteiger partial charge in [0.05, 0.1) is 6.04 Å². The zero-order chi connectivity index (χ0) is 22.0. The lowest BCUT2D eigenvalue weighted by Gasteiger charge is -2.24. The van der Waals surface area contributed by atoms with Crippen LogP contribution in [0.15, 0.2) is 0 Å². The smallest absolute Gasteiger partial charge is 0.407 e. The van der Waals surface area contributed by atoms with E-state index in [1.54, 1.807) is 41.5 Å². The molecular formula is C18H37N5O5. The Morgan fingerprint density at radius 2 is 1.46 bits per heavy atom. The van der Waals surface area contributed by atoms with Gasteiger partial charge in [-0.15, -0.1) is 0 Å². The van der Waals surface area contributed by atoms with Gasteiger partial charge in [-0.1, -0.05) is 0 Å². The van der Waals surface area contributed by atoms with Crippen molar-refractivity contribution in [3.05, 3.63) is 0 Å². The first-order valence-corrected chi connectivity index (χ1v) is 9.43. The molecule has 0 aliphatic rings. The Labute approximate surface area is 167 Å². The fourth-order valence-corrected chi connectivity index (χ4v) is 2.01. The molecule has 0 saturated heterocycles. The maximum absolute atomic E-state index is 12.0. The number of hydrogen-bond acceptors (Lipinski definition) is 7. The molecular weight excluding hydrogens is 366 g/mol. The molecule has 0 unspecified atom stereocenters. The van der Waals surface area contributed by atoms with E-state index in [-0.39, 0.29) is 13.1 Å². The summed E-state index contributed by atoms with van der Waals surface area (Å²) in [6, 6.07) is -1.21. The van der Waals surface area contributed by atoms with Crippen LogP contribution in [-0.4, -0.2) is 61.0 Å². The molecule has 7 N–H and O–H groups in total. The van der Waals surface area contributed by atoms with Gasteiger partial charge in [0.15, 0.2) is 0 Å². The zero-order valence-electron chi connectivity index (χ0n) is 17.9. The molecule has 0 spiro atoms. The van der Waals surface area contributed by atoms with Crippen molar-refractivity contribution in [2.24, 2.45) is 11.5 Å². The summed E-state index contributed by atoms with van der Waals surface area (Å²) in [6.45, 7) is 11.2. The van der Waals surface area contributed by atoms with Crippen molar-refractivity contribution >= 4 is 18.1 Å². The summed E-state index contributed by atoms with van der Waals surface area (Å²) in [7, 11) is 0. The summed E-state index contributed by atoms with van der Waals surface area (Å²) < 4.78 is 10.4. The van der Waals surface area contributed by atoms with Crippen LogP contribution < -0.4 is 27.4 Å². The summed E-state index contributed by atoms with van der Waals surface area (Å²) in [6.07, 6.45) is -0.0486. The van der Waals surface area contributed by atoms with Gasteiger partial charge in [0.25, 0.3) is 0 Å². The Morgan fingerprint density at radius 3 is 1.96 bits per heavy atom. The van der Waals surface area contributed by atoms with Crippen molar-refractivity contribution in [1.82, 2.24) is 16.0 Å². The highest BCUT2D eigenvalue weighted by Gasteiger charge is 2.21. The second kappa shape index (κ2) is 11.7. The Bertz CT molecular complexity index is 513. The predicted octanol–water partition coefficient (Wildman–Crippen LogP) is 0.587. The van der Waals surface area contributed by atoms with Gasteiger partial charge in [-0.3, -0.25) is 4.79 Å². The number of ether oxygens (including phenoxy) is 2. The third-order valence-electron chi connectivity index (χ3n) is 3.23. The Balaban J connectivity index is 4.57. The number of alkyl carbamates (subject to hydrolysis) is 2. The summed E-state index contributed by atoms with van der Waals surface area (Å²) in [5, 5.41) is 8.03. The Kier molecular flexibility index (Phi) is 10.8. The van der Waals surface area contributed by atoms with Crippen LogP contribution in [0.1, 0.15) is 54.4 Å². The number of rotatable bonds is 9. The van der Waals surface area contributed by atoms with Crippen LogP contribution in [0.3, 0.4) is 0 Å². The van der Waals surface area contributed by atoms with Gasteiger partial charge in [-0.05, 0) is 54.4 Å². The lowest BCUT2D eigenvalue weighted by molar-refractivity contribution is -0.122. The van der Waals surface area contributed by atoms with Crippen molar-refractivity contribution in [1.29, 1.82) is 0 Å². The second-order valence-corrected chi connectivity index (χ2v) is 8.50. The number of amides is 3. The summed E-state index contributed by atoms with van der Waals surface area (Å²) >= 11 is 0. The number of nitrogens with two attached hydrogens (primary N) is 2. The van der Waals surface area contributed by atoms with E-state index in [1.165, 1.54) is 0 Å². The van der Waals surface area contributed by atoms with Crippen molar-refractivity contribution in [2.45, 2.75) is 77.7 Å².